The molecule has 1 aromatic rings. The Kier molecular flexibility index (Phi) is 5.76. The van der Waals surface area contributed by atoms with E-state index in [1.807, 2.05) is 13.0 Å². The van der Waals surface area contributed by atoms with E-state index in [0.29, 0.717) is 24.3 Å². The number of aryl methyl sites for hydroxylation is 1. The second-order valence-corrected chi connectivity index (χ2v) is 4.26. The molecular formula is C13H19N5O. The van der Waals surface area contributed by atoms with Gasteiger partial charge in [0.1, 0.15) is 5.82 Å². The van der Waals surface area contributed by atoms with Crippen molar-refractivity contribution in [3.63, 3.8) is 0 Å². The van der Waals surface area contributed by atoms with Gasteiger partial charge in [-0.1, -0.05) is 13.3 Å². The van der Waals surface area contributed by atoms with Gasteiger partial charge in [0.25, 0.3) is 5.91 Å². The number of aromatic nitrogens is 1. The van der Waals surface area contributed by atoms with Gasteiger partial charge in [-0.15, -0.1) is 0 Å². The minimum absolute atomic E-state index is 0.133. The van der Waals surface area contributed by atoms with Gasteiger partial charge in [-0.25, -0.2) is 10.8 Å². The number of hydrazine groups is 1. The predicted molar refractivity (Wildman–Crippen MR) is 73.2 cm³/mol. The number of carbonyl (C=O) groups excluding carboxylic acids is 1. The molecule has 0 radical (unpaired) electrons. The summed E-state index contributed by atoms with van der Waals surface area (Å²) in [6.07, 6.45) is 2.05. The van der Waals surface area contributed by atoms with E-state index in [1.165, 1.54) is 4.90 Å². The van der Waals surface area contributed by atoms with Crippen LogP contribution in [0.4, 0.5) is 5.82 Å². The first kappa shape index (κ1) is 14.9. The normalized spacial score (nSPS) is 9.79. The standard InChI is InChI=1S/C13H19N5O/c1-3-5-11-8-10(9-12(16-11)17-15)13(19)18(2)7-4-6-14/h8-9H,3-5,7,15H2,1-2H3,(H,16,17). The highest BCUT2D eigenvalue weighted by Crippen LogP contribution is 2.13. The number of rotatable bonds is 6. The molecule has 3 N–H and O–H groups in total. The zero-order valence-electron chi connectivity index (χ0n) is 11.3. The van der Waals surface area contributed by atoms with E-state index >= 15 is 0 Å². The highest BCUT2D eigenvalue weighted by molar-refractivity contribution is 5.94. The number of nitrogen functional groups attached to an aromatic ring is 1. The lowest BCUT2D eigenvalue weighted by molar-refractivity contribution is 0.0798. The highest BCUT2D eigenvalue weighted by atomic mass is 16.2. The van der Waals surface area contributed by atoms with E-state index < -0.39 is 0 Å². The lowest BCUT2D eigenvalue weighted by Crippen LogP contribution is -2.28. The Morgan fingerprint density at radius 1 is 1.58 bits per heavy atom. The number of hydrogen-bond donors (Lipinski definition) is 2. The fourth-order valence-corrected chi connectivity index (χ4v) is 1.71. The smallest absolute Gasteiger partial charge is 0.253 e. The molecule has 0 spiro atoms. The maximum Gasteiger partial charge on any atom is 0.253 e. The molecule has 1 amide bonds. The first-order valence-electron chi connectivity index (χ1n) is 6.22. The number of anilines is 1. The molecule has 0 fully saturated rings. The fourth-order valence-electron chi connectivity index (χ4n) is 1.71. The SMILES string of the molecule is CCCc1cc(C(=O)N(C)CCC#N)cc(NN)n1. The maximum atomic E-state index is 12.2. The van der Waals surface area contributed by atoms with E-state index in [1.54, 1.807) is 19.2 Å². The first-order valence-corrected chi connectivity index (χ1v) is 6.22. The van der Waals surface area contributed by atoms with Crippen molar-refractivity contribution in [3.05, 3.63) is 23.4 Å². The maximum absolute atomic E-state index is 12.2. The van der Waals surface area contributed by atoms with Gasteiger partial charge < -0.3 is 10.3 Å². The molecule has 0 aliphatic rings. The number of nitrogens with one attached hydrogen (secondary N) is 1. The third-order valence-corrected chi connectivity index (χ3v) is 2.69. The van der Waals surface area contributed by atoms with Gasteiger partial charge in [-0.2, -0.15) is 5.26 Å². The summed E-state index contributed by atoms with van der Waals surface area (Å²) in [5.74, 6) is 5.70. The monoisotopic (exact) mass is 261 g/mol. The Morgan fingerprint density at radius 2 is 2.32 bits per heavy atom. The second-order valence-electron chi connectivity index (χ2n) is 4.26. The van der Waals surface area contributed by atoms with E-state index in [0.717, 1.165) is 18.5 Å². The number of amides is 1. The van der Waals surface area contributed by atoms with E-state index in [2.05, 4.69) is 10.4 Å². The first-order chi connectivity index (χ1) is 9.12. The summed E-state index contributed by atoms with van der Waals surface area (Å²) in [6.45, 7) is 2.46. The molecule has 1 aromatic heterocycles. The predicted octanol–water partition coefficient (Wildman–Crippen LogP) is 1.31. The molecule has 19 heavy (non-hydrogen) atoms. The van der Waals surface area contributed by atoms with Crippen LogP contribution in [-0.4, -0.2) is 29.4 Å². The topological polar surface area (TPSA) is 95.0 Å². The molecule has 0 unspecified atom stereocenters. The largest absolute Gasteiger partial charge is 0.341 e. The van der Waals surface area contributed by atoms with Crippen LogP contribution in [-0.2, 0) is 6.42 Å². The summed E-state index contributed by atoms with van der Waals surface area (Å²) in [5, 5.41) is 8.54. The summed E-state index contributed by atoms with van der Waals surface area (Å²) in [4.78, 5) is 18.0. The molecule has 0 saturated heterocycles. The molecule has 0 atom stereocenters. The van der Waals surface area contributed by atoms with Gasteiger partial charge >= 0.3 is 0 Å². The minimum Gasteiger partial charge on any atom is -0.341 e. The molecule has 1 rings (SSSR count). The molecule has 6 nitrogen and oxygen atoms in total. The highest BCUT2D eigenvalue weighted by Gasteiger charge is 2.13. The number of hydrogen-bond acceptors (Lipinski definition) is 5. The van der Waals surface area contributed by atoms with Crippen molar-refractivity contribution in [2.45, 2.75) is 26.2 Å². The Hall–Kier alpha value is -2.13. The van der Waals surface area contributed by atoms with Crippen molar-refractivity contribution in [1.29, 1.82) is 5.26 Å². The summed E-state index contributed by atoms with van der Waals surface area (Å²) in [5.41, 5.74) is 3.83. The lowest BCUT2D eigenvalue weighted by Gasteiger charge is -2.16. The van der Waals surface area contributed by atoms with Crippen molar-refractivity contribution >= 4 is 11.7 Å². The van der Waals surface area contributed by atoms with Gasteiger partial charge in [0, 0.05) is 24.8 Å². The van der Waals surface area contributed by atoms with Crippen molar-refractivity contribution < 1.29 is 4.79 Å². The zero-order chi connectivity index (χ0) is 14.3. The summed E-state index contributed by atoms with van der Waals surface area (Å²) < 4.78 is 0. The van der Waals surface area contributed by atoms with Gasteiger partial charge in [-0.3, -0.25) is 4.79 Å². The average Bonchev–Trinajstić information content (AvgIpc) is 2.43. The van der Waals surface area contributed by atoms with Crippen LogP contribution in [0.2, 0.25) is 0 Å². The molecule has 0 aliphatic carbocycles. The van der Waals surface area contributed by atoms with Crippen molar-refractivity contribution in [3.8, 4) is 6.07 Å². The number of pyridine rings is 1. The number of nitriles is 1. The number of nitrogens with zero attached hydrogens (tertiary/aromatic N) is 3. The van der Waals surface area contributed by atoms with Crippen LogP contribution in [0, 0.1) is 11.3 Å². The van der Waals surface area contributed by atoms with Crippen LogP contribution < -0.4 is 11.3 Å². The number of nitrogens with two attached hydrogens (primary N) is 1. The van der Waals surface area contributed by atoms with Gasteiger partial charge in [0.2, 0.25) is 0 Å². The van der Waals surface area contributed by atoms with Crippen LogP contribution in [0.15, 0.2) is 12.1 Å². The molecule has 102 valence electrons. The summed E-state index contributed by atoms with van der Waals surface area (Å²) >= 11 is 0. The minimum atomic E-state index is -0.133. The van der Waals surface area contributed by atoms with E-state index in [9.17, 15) is 4.79 Å². The quantitative estimate of drug-likeness (QED) is 0.594. The van der Waals surface area contributed by atoms with Gasteiger partial charge in [0.05, 0.1) is 12.5 Å². The fraction of sp³-hybridized carbons (Fsp3) is 0.462. The van der Waals surface area contributed by atoms with Crippen LogP contribution in [0.5, 0.6) is 0 Å². The molecule has 1 heterocycles. The molecule has 0 bridgehead atoms. The van der Waals surface area contributed by atoms with Crippen LogP contribution in [0.3, 0.4) is 0 Å². The van der Waals surface area contributed by atoms with E-state index in [-0.39, 0.29) is 5.91 Å². The Morgan fingerprint density at radius 3 is 2.89 bits per heavy atom. The Labute approximate surface area is 113 Å². The third-order valence-electron chi connectivity index (χ3n) is 2.69. The molecule has 0 aliphatic heterocycles. The Bertz CT molecular complexity index is 480. The molecule has 0 aromatic carbocycles. The van der Waals surface area contributed by atoms with Crippen LogP contribution in [0.1, 0.15) is 35.8 Å². The van der Waals surface area contributed by atoms with Gasteiger partial charge in [0.15, 0.2) is 0 Å². The van der Waals surface area contributed by atoms with Crippen molar-refractivity contribution in [1.82, 2.24) is 9.88 Å². The van der Waals surface area contributed by atoms with Crippen molar-refractivity contribution in [2.24, 2.45) is 5.84 Å². The number of carbonyl (C=O) groups is 1. The summed E-state index contributed by atoms with van der Waals surface area (Å²) in [7, 11) is 1.68. The van der Waals surface area contributed by atoms with Crippen molar-refractivity contribution in [2.75, 3.05) is 19.0 Å². The third kappa shape index (κ3) is 4.23. The lowest BCUT2D eigenvalue weighted by atomic mass is 10.1. The average molecular weight is 261 g/mol. The van der Waals surface area contributed by atoms with Gasteiger partial charge in [-0.05, 0) is 18.6 Å². The summed E-state index contributed by atoms with van der Waals surface area (Å²) in [6, 6.07) is 5.41. The van der Waals surface area contributed by atoms with E-state index in [4.69, 9.17) is 11.1 Å². The Balaban J connectivity index is 2.95. The second kappa shape index (κ2) is 7.34. The molecule has 6 heteroatoms. The molecule has 0 saturated carbocycles. The molecular weight excluding hydrogens is 242 g/mol. The van der Waals surface area contributed by atoms with Crippen LogP contribution >= 0.6 is 0 Å². The zero-order valence-corrected chi connectivity index (χ0v) is 11.3. The van der Waals surface area contributed by atoms with Crippen LogP contribution in [0.25, 0.3) is 0 Å².